The van der Waals surface area contributed by atoms with Crippen molar-refractivity contribution < 1.29 is 4.39 Å². The van der Waals surface area contributed by atoms with Crippen molar-refractivity contribution >= 4 is 0 Å². The summed E-state index contributed by atoms with van der Waals surface area (Å²) in [6, 6.07) is 14.4. The fourth-order valence-corrected chi connectivity index (χ4v) is 3.69. The van der Waals surface area contributed by atoms with Gasteiger partial charge in [-0.2, -0.15) is 0 Å². The third-order valence-electron chi connectivity index (χ3n) is 5.27. The lowest BCUT2D eigenvalue weighted by Crippen LogP contribution is -2.12. The van der Waals surface area contributed by atoms with Crippen molar-refractivity contribution in [3.63, 3.8) is 0 Å². The molecule has 1 saturated carbocycles. The van der Waals surface area contributed by atoms with E-state index < -0.39 is 0 Å². The van der Waals surface area contributed by atoms with Crippen molar-refractivity contribution in [1.82, 2.24) is 0 Å². The number of halogens is 1. The Bertz CT molecular complexity index is 753. The number of hydrogen-bond donors (Lipinski definition) is 0. The number of hydrogen-bond acceptors (Lipinski definition) is 0. The monoisotopic (exact) mass is 334 g/mol. The van der Waals surface area contributed by atoms with E-state index >= 15 is 0 Å². The first-order valence-electron chi connectivity index (χ1n) is 9.52. The van der Waals surface area contributed by atoms with E-state index in [4.69, 9.17) is 0 Å². The molecule has 0 nitrogen and oxygen atoms in total. The highest BCUT2D eigenvalue weighted by Crippen LogP contribution is 2.35. The molecule has 0 saturated heterocycles. The highest BCUT2D eigenvalue weighted by Gasteiger charge is 2.21. The predicted octanol–water partition coefficient (Wildman–Crippen LogP) is 6.41. The predicted molar refractivity (Wildman–Crippen MR) is 103 cm³/mol. The summed E-state index contributed by atoms with van der Waals surface area (Å²) in [6.07, 6.45) is 6.44. The maximum absolute atomic E-state index is 14.0. The molecule has 1 aliphatic carbocycles. The number of rotatable bonds is 3. The van der Waals surface area contributed by atoms with Crippen molar-refractivity contribution in [1.29, 1.82) is 0 Å². The van der Waals surface area contributed by atoms with Crippen LogP contribution in [0.4, 0.5) is 4.39 Å². The Morgan fingerprint density at radius 3 is 2.36 bits per heavy atom. The summed E-state index contributed by atoms with van der Waals surface area (Å²) in [5.74, 6) is 7.58. The molecule has 25 heavy (non-hydrogen) atoms. The smallest absolute Gasteiger partial charge is 0.127 e. The molecule has 0 unspecified atom stereocenters. The van der Waals surface area contributed by atoms with Crippen LogP contribution in [0.1, 0.15) is 67.2 Å². The summed E-state index contributed by atoms with van der Waals surface area (Å²) in [4.78, 5) is 0. The summed E-state index contributed by atoms with van der Waals surface area (Å²) in [5, 5.41) is 0. The molecule has 0 heterocycles. The van der Waals surface area contributed by atoms with Gasteiger partial charge in [0.15, 0.2) is 0 Å². The van der Waals surface area contributed by atoms with Gasteiger partial charge in [-0.15, -0.1) is 0 Å². The highest BCUT2D eigenvalue weighted by molar-refractivity contribution is 5.37. The van der Waals surface area contributed by atoms with Crippen LogP contribution in [0, 0.1) is 30.5 Å². The van der Waals surface area contributed by atoms with E-state index in [0.717, 1.165) is 36.8 Å². The van der Waals surface area contributed by atoms with Crippen LogP contribution in [-0.2, 0) is 6.42 Å². The van der Waals surface area contributed by atoms with Gasteiger partial charge in [0.05, 0.1) is 0 Å². The Labute approximate surface area is 151 Å². The summed E-state index contributed by atoms with van der Waals surface area (Å²) in [5.41, 5.74) is 4.38. The molecule has 0 amide bonds. The van der Waals surface area contributed by atoms with Gasteiger partial charge in [0, 0.05) is 11.5 Å². The van der Waals surface area contributed by atoms with Gasteiger partial charge < -0.3 is 0 Å². The van der Waals surface area contributed by atoms with E-state index in [1.54, 1.807) is 6.07 Å². The average molecular weight is 334 g/mol. The second-order valence-corrected chi connectivity index (χ2v) is 7.28. The van der Waals surface area contributed by atoms with Gasteiger partial charge >= 0.3 is 0 Å². The van der Waals surface area contributed by atoms with Crippen LogP contribution in [-0.4, -0.2) is 0 Å². The Hall–Kier alpha value is -2.07. The zero-order chi connectivity index (χ0) is 17.6. The molecule has 0 radical (unpaired) electrons. The molecule has 0 aromatic heterocycles. The molecule has 0 N–H and O–H groups in total. The Morgan fingerprint density at radius 2 is 1.72 bits per heavy atom. The summed E-state index contributed by atoms with van der Waals surface area (Å²) < 4.78 is 14.0. The van der Waals surface area contributed by atoms with Crippen LogP contribution in [0.2, 0.25) is 0 Å². The second-order valence-electron chi connectivity index (χ2n) is 7.28. The van der Waals surface area contributed by atoms with E-state index in [1.165, 1.54) is 24.0 Å². The van der Waals surface area contributed by atoms with Gasteiger partial charge in [-0.1, -0.05) is 61.1 Å². The molecule has 1 heteroatoms. The summed E-state index contributed by atoms with van der Waals surface area (Å²) in [6.45, 7) is 4.20. The standard InChI is InChI=1S/C24H27F/c1-3-4-23-16-11-20(17-24(23)25)8-7-19-9-14-22(15-10-19)21-12-5-18(2)6-13-21/h5-6,11-13,16-17,19,22H,3-4,9-10,14-15H2,1-2H3. The third-order valence-corrected chi connectivity index (χ3v) is 5.27. The molecule has 2 aromatic carbocycles. The molecule has 2 aromatic rings. The SMILES string of the molecule is CCCc1ccc(C#CC2CCC(c3ccc(C)cc3)CC2)cc1F. The maximum Gasteiger partial charge on any atom is 0.127 e. The lowest BCUT2D eigenvalue weighted by atomic mass is 9.79. The lowest BCUT2D eigenvalue weighted by molar-refractivity contribution is 0.384. The van der Waals surface area contributed by atoms with E-state index in [-0.39, 0.29) is 5.82 Å². The maximum atomic E-state index is 14.0. The summed E-state index contributed by atoms with van der Waals surface area (Å²) >= 11 is 0. The molecular formula is C24H27F. The van der Waals surface area contributed by atoms with Crippen molar-refractivity contribution in [3.8, 4) is 11.8 Å². The van der Waals surface area contributed by atoms with Gasteiger partial charge in [-0.05, 0) is 68.2 Å². The molecule has 0 bridgehead atoms. The average Bonchev–Trinajstić information content (AvgIpc) is 2.63. The van der Waals surface area contributed by atoms with Gasteiger partial charge in [0.25, 0.3) is 0 Å². The van der Waals surface area contributed by atoms with Crippen molar-refractivity contribution in [3.05, 3.63) is 70.5 Å². The normalized spacial score (nSPS) is 20.0. The van der Waals surface area contributed by atoms with Crippen LogP contribution >= 0.6 is 0 Å². The van der Waals surface area contributed by atoms with Gasteiger partial charge in [-0.3, -0.25) is 0 Å². The topological polar surface area (TPSA) is 0 Å². The van der Waals surface area contributed by atoms with Gasteiger partial charge in [0.2, 0.25) is 0 Å². The van der Waals surface area contributed by atoms with E-state index in [9.17, 15) is 4.39 Å². The molecule has 1 fully saturated rings. The van der Waals surface area contributed by atoms with E-state index in [0.29, 0.717) is 11.8 Å². The minimum absolute atomic E-state index is 0.114. The molecule has 1 aliphatic rings. The fraction of sp³-hybridized carbons (Fsp3) is 0.417. The number of benzene rings is 2. The zero-order valence-electron chi connectivity index (χ0n) is 15.3. The fourth-order valence-electron chi connectivity index (χ4n) is 3.69. The minimum atomic E-state index is -0.114. The molecule has 0 atom stereocenters. The quantitative estimate of drug-likeness (QED) is 0.569. The van der Waals surface area contributed by atoms with Crippen molar-refractivity contribution in [2.75, 3.05) is 0 Å². The van der Waals surface area contributed by atoms with Crippen LogP contribution in [0.5, 0.6) is 0 Å². The molecule has 130 valence electrons. The van der Waals surface area contributed by atoms with Crippen LogP contribution in [0.3, 0.4) is 0 Å². The van der Waals surface area contributed by atoms with Crippen LogP contribution in [0.25, 0.3) is 0 Å². The zero-order valence-corrected chi connectivity index (χ0v) is 15.3. The first-order valence-corrected chi connectivity index (χ1v) is 9.52. The first kappa shape index (κ1) is 17.7. The van der Waals surface area contributed by atoms with Gasteiger partial charge in [0.1, 0.15) is 5.82 Å². The first-order chi connectivity index (χ1) is 12.2. The van der Waals surface area contributed by atoms with Crippen LogP contribution < -0.4 is 0 Å². The third kappa shape index (κ3) is 4.73. The summed E-state index contributed by atoms with van der Waals surface area (Å²) in [7, 11) is 0. The Balaban J connectivity index is 1.58. The Kier molecular flexibility index (Phi) is 5.92. The van der Waals surface area contributed by atoms with Crippen molar-refractivity contribution in [2.45, 2.75) is 58.3 Å². The van der Waals surface area contributed by atoms with Crippen molar-refractivity contribution in [2.24, 2.45) is 5.92 Å². The molecular weight excluding hydrogens is 307 g/mol. The minimum Gasteiger partial charge on any atom is -0.207 e. The highest BCUT2D eigenvalue weighted by atomic mass is 19.1. The largest absolute Gasteiger partial charge is 0.207 e. The van der Waals surface area contributed by atoms with Crippen LogP contribution in [0.15, 0.2) is 42.5 Å². The number of aryl methyl sites for hydroxylation is 2. The lowest BCUT2D eigenvalue weighted by Gasteiger charge is -2.26. The Morgan fingerprint density at radius 1 is 1.00 bits per heavy atom. The molecule has 0 aliphatic heterocycles. The molecule has 3 rings (SSSR count). The van der Waals surface area contributed by atoms with Gasteiger partial charge in [-0.25, -0.2) is 4.39 Å². The second kappa shape index (κ2) is 8.34. The molecule has 0 spiro atoms. The van der Waals surface area contributed by atoms with E-state index in [1.807, 2.05) is 12.1 Å². The van der Waals surface area contributed by atoms with E-state index in [2.05, 4.69) is 50.0 Å².